The van der Waals surface area contributed by atoms with Crippen LogP contribution in [0.25, 0.3) is 10.9 Å². The van der Waals surface area contributed by atoms with E-state index >= 15 is 0 Å². The number of anilines is 1. The van der Waals surface area contributed by atoms with E-state index in [2.05, 4.69) is 16.9 Å². The maximum absolute atomic E-state index is 5.66. The van der Waals surface area contributed by atoms with Crippen LogP contribution in [0.15, 0.2) is 24.4 Å². The highest BCUT2D eigenvalue weighted by Crippen LogP contribution is 2.12. The molecule has 0 atom stereocenters. The fourth-order valence-corrected chi connectivity index (χ4v) is 1.35. The predicted octanol–water partition coefficient (Wildman–Crippen LogP) is 0.980. The number of nitrogen functional groups attached to an aromatic ring is 1. The van der Waals surface area contributed by atoms with Gasteiger partial charge in [-0.2, -0.15) is 0 Å². The molecule has 2 aromatic rings. The highest BCUT2D eigenvalue weighted by atomic mass is 14.8. The lowest BCUT2D eigenvalue weighted by atomic mass is 9.74. The fourth-order valence-electron chi connectivity index (χ4n) is 1.35. The Kier molecular flexibility index (Phi) is 2.35. The summed E-state index contributed by atoms with van der Waals surface area (Å²) >= 11 is 0. The molecular weight excluding hydrogens is 173 g/mol. The molecule has 0 amide bonds. The molecule has 1 aromatic heterocycles. The first-order valence-electron chi connectivity index (χ1n) is 4.65. The second kappa shape index (κ2) is 3.66. The van der Waals surface area contributed by atoms with Crippen LogP contribution in [-0.2, 0) is 0 Å². The van der Waals surface area contributed by atoms with Crippen molar-refractivity contribution in [3.63, 3.8) is 0 Å². The number of hydrogen-bond acceptors (Lipinski definition) is 3. The Bertz CT molecular complexity index is 456. The van der Waals surface area contributed by atoms with Crippen LogP contribution in [0.5, 0.6) is 0 Å². The SMILES string of the molecule is CC[B]c1ncc2cc(N)ccc2n1. The molecule has 1 heterocycles. The van der Waals surface area contributed by atoms with Crippen LogP contribution >= 0.6 is 0 Å². The molecule has 2 N–H and O–H groups in total. The number of nitrogens with zero attached hydrogens (tertiary/aromatic N) is 2. The molecule has 0 bridgehead atoms. The number of aromatic nitrogens is 2. The normalized spacial score (nSPS) is 10.4. The molecule has 4 heteroatoms. The third kappa shape index (κ3) is 1.69. The van der Waals surface area contributed by atoms with Gasteiger partial charge in [0.1, 0.15) is 0 Å². The van der Waals surface area contributed by atoms with Crippen LogP contribution in [0, 0.1) is 0 Å². The van der Waals surface area contributed by atoms with Gasteiger partial charge in [0.05, 0.1) is 11.2 Å². The lowest BCUT2D eigenvalue weighted by Gasteiger charge is -2.00. The number of nitrogens with two attached hydrogens (primary N) is 1. The summed E-state index contributed by atoms with van der Waals surface area (Å²) in [6.45, 7) is 2.07. The summed E-state index contributed by atoms with van der Waals surface area (Å²) in [4.78, 5) is 8.60. The fraction of sp³-hybridized carbons (Fsp3) is 0.200. The van der Waals surface area contributed by atoms with Crippen molar-refractivity contribution in [2.24, 2.45) is 0 Å². The molecule has 69 valence electrons. The molecule has 0 spiro atoms. The van der Waals surface area contributed by atoms with Crippen molar-refractivity contribution in [2.45, 2.75) is 13.2 Å². The summed E-state index contributed by atoms with van der Waals surface area (Å²) in [6.07, 6.45) is 2.75. The zero-order valence-corrected chi connectivity index (χ0v) is 8.07. The van der Waals surface area contributed by atoms with Gasteiger partial charge in [-0.05, 0) is 18.2 Å². The number of fused-ring (bicyclic) bond motifs is 1. The Labute approximate surface area is 83.6 Å². The smallest absolute Gasteiger partial charge is 0.204 e. The van der Waals surface area contributed by atoms with Gasteiger partial charge in [-0.3, -0.25) is 4.98 Å². The van der Waals surface area contributed by atoms with Gasteiger partial charge >= 0.3 is 0 Å². The Hall–Kier alpha value is -1.58. The van der Waals surface area contributed by atoms with Crippen LogP contribution in [-0.4, -0.2) is 17.2 Å². The maximum atomic E-state index is 5.66. The summed E-state index contributed by atoms with van der Waals surface area (Å²) in [5.41, 5.74) is 8.12. The molecule has 0 unspecified atom stereocenters. The van der Waals surface area contributed by atoms with Gasteiger partial charge in [0.15, 0.2) is 0 Å². The quantitative estimate of drug-likeness (QED) is 0.559. The average molecular weight is 184 g/mol. The largest absolute Gasteiger partial charge is 0.399 e. The first-order chi connectivity index (χ1) is 6.79. The summed E-state index contributed by atoms with van der Waals surface area (Å²) in [6, 6.07) is 5.65. The molecule has 1 radical (unpaired) electrons. The molecule has 0 aliphatic heterocycles. The zero-order chi connectivity index (χ0) is 9.97. The summed E-state index contributed by atoms with van der Waals surface area (Å²) in [5.74, 6) is 0. The van der Waals surface area contributed by atoms with Crippen molar-refractivity contribution >= 4 is 29.6 Å². The second-order valence-electron chi connectivity index (χ2n) is 3.16. The van der Waals surface area contributed by atoms with Crippen molar-refractivity contribution in [1.82, 2.24) is 9.97 Å². The van der Waals surface area contributed by atoms with Crippen LogP contribution in [0.2, 0.25) is 6.32 Å². The van der Waals surface area contributed by atoms with Crippen molar-refractivity contribution in [1.29, 1.82) is 0 Å². The lowest BCUT2D eigenvalue weighted by Crippen LogP contribution is -2.20. The molecule has 0 saturated carbocycles. The minimum Gasteiger partial charge on any atom is -0.399 e. The first kappa shape index (κ1) is 9.00. The van der Waals surface area contributed by atoms with Gasteiger partial charge in [0.2, 0.25) is 7.28 Å². The van der Waals surface area contributed by atoms with Crippen molar-refractivity contribution in [2.75, 3.05) is 5.73 Å². The lowest BCUT2D eigenvalue weighted by molar-refractivity contribution is 1.28. The van der Waals surface area contributed by atoms with Gasteiger partial charge < -0.3 is 5.73 Å². The highest BCUT2D eigenvalue weighted by Gasteiger charge is 2.00. The van der Waals surface area contributed by atoms with E-state index in [1.54, 1.807) is 6.20 Å². The molecule has 0 fully saturated rings. The van der Waals surface area contributed by atoms with Crippen molar-refractivity contribution < 1.29 is 0 Å². The molecule has 0 aliphatic rings. The first-order valence-corrected chi connectivity index (χ1v) is 4.65. The number of benzene rings is 1. The Balaban J connectivity index is 2.50. The number of hydrogen-bond donors (Lipinski definition) is 1. The van der Waals surface area contributed by atoms with E-state index in [1.165, 1.54) is 0 Å². The van der Waals surface area contributed by atoms with E-state index in [0.29, 0.717) is 0 Å². The van der Waals surface area contributed by atoms with Gasteiger partial charge in [-0.15, -0.1) is 0 Å². The zero-order valence-electron chi connectivity index (χ0n) is 8.07. The molecule has 0 aliphatic carbocycles. The second-order valence-corrected chi connectivity index (χ2v) is 3.16. The molecular formula is C10H11BN3. The van der Waals surface area contributed by atoms with Gasteiger partial charge in [-0.1, -0.05) is 13.2 Å². The van der Waals surface area contributed by atoms with Gasteiger partial charge in [0, 0.05) is 17.3 Å². The minimum absolute atomic E-state index is 0.744. The van der Waals surface area contributed by atoms with Crippen LogP contribution in [0.4, 0.5) is 5.69 Å². The summed E-state index contributed by atoms with van der Waals surface area (Å²) in [7, 11) is 2.00. The van der Waals surface area contributed by atoms with Crippen LogP contribution < -0.4 is 11.5 Å². The third-order valence-electron chi connectivity index (χ3n) is 2.01. The Morgan fingerprint density at radius 2 is 2.29 bits per heavy atom. The third-order valence-corrected chi connectivity index (χ3v) is 2.01. The summed E-state index contributed by atoms with van der Waals surface area (Å²) in [5, 5.41) is 0.984. The average Bonchev–Trinajstić information content (AvgIpc) is 2.19. The molecule has 0 saturated heterocycles. The molecule has 1 aromatic carbocycles. The Morgan fingerprint density at radius 1 is 1.43 bits per heavy atom. The van der Waals surface area contributed by atoms with Crippen molar-refractivity contribution in [3.05, 3.63) is 24.4 Å². The highest BCUT2D eigenvalue weighted by molar-refractivity contribution is 6.51. The predicted molar refractivity (Wildman–Crippen MR) is 59.8 cm³/mol. The van der Waals surface area contributed by atoms with Crippen molar-refractivity contribution in [3.8, 4) is 0 Å². The number of rotatable bonds is 2. The topological polar surface area (TPSA) is 51.8 Å². The van der Waals surface area contributed by atoms with Gasteiger partial charge in [-0.25, -0.2) is 4.98 Å². The standard InChI is InChI=1S/C10H11BN3/c1-2-11-10-13-6-7-5-8(12)3-4-9(7)14-10/h3-6H,2,12H2,1H3. The van der Waals surface area contributed by atoms with E-state index in [1.807, 2.05) is 25.5 Å². The van der Waals surface area contributed by atoms with E-state index in [-0.39, 0.29) is 0 Å². The summed E-state index contributed by atoms with van der Waals surface area (Å²) < 4.78 is 0. The van der Waals surface area contributed by atoms with E-state index in [4.69, 9.17) is 5.73 Å². The van der Waals surface area contributed by atoms with E-state index < -0.39 is 0 Å². The maximum Gasteiger partial charge on any atom is 0.204 e. The van der Waals surface area contributed by atoms with Gasteiger partial charge in [0.25, 0.3) is 0 Å². The molecule has 14 heavy (non-hydrogen) atoms. The van der Waals surface area contributed by atoms with E-state index in [0.717, 1.165) is 28.6 Å². The monoisotopic (exact) mass is 184 g/mol. The van der Waals surface area contributed by atoms with Crippen LogP contribution in [0.3, 0.4) is 0 Å². The Morgan fingerprint density at radius 3 is 3.07 bits per heavy atom. The minimum atomic E-state index is 0.744. The van der Waals surface area contributed by atoms with E-state index in [9.17, 15) is 0 Å². The molecule has 2 rings (SSSR count). The molecule has 3 nitrogen and oxygen atoms in total. The van der Waals surface area contributed by atoms with Crippen LogP contribution in [0.1, 0.15) is 6.92 Å².